The Morgan fingerprint density at radius 3 is 3.00 bits per heavy atom. The lowest BCUT2D eigenvalue weighted by molar-refractivity contribution is -0.116. The summed E-state index contributed by atoms with van der Waals surface area (Å²) in [6, 6.07) is 0. The predicted molar refractivity (Wildman–Crippen MR) is 101 cm³/mol. The molecule has 1 N–H and O–H groups in total. The molecule has 2 saturated heterocycles. The maximum Gasteiger partial charge on any atom is 0.224 e. The molecule has 7 heteroatoms. The normalized spacial score (nSPS) is 21.9. The number of rotatable bonds is 8. The fraction of sp³-hybridized carbons (Fsp3) is 0.765. The molecule has 0 bridgehead atoms. The van der Waals surface area contributed by atoms with Gasteiger partial charge >= 0.3 is 0 Å². The van der Waals surface area contributed by atoms with Gasteiger partial charge in [0.1, 0.15) is 0 Å². The van der Waals surface area contributed by atoms with Gasteiger partial charge in [0, 0.05) is 43.4 Å². The van der Waals surface area contributed by atoms with Crippen LogP contribution in [-0.2, 0) is 16.1 Å². The Hall–Kier alpha value is -0.660. The van der Waals surface area contributed by atoms with Crippen LogP contribution in [0.2, 0.25) is 0 Å². The molecular formula is C17H27N3O2S2. The first-order valence-corrected chi connectivity index (χ1v) is 11.4. The van der Waals surface area contributed by atoms with Gasteiger partial charge in [0.2, 0.25) is 5.91 Å². The van der Waals surface area contributed by atoms with Gasteiger partial charge in [-0.25, -0.2) is 0 Å². The number of nitrogens with zero attached hydrogens (tertiary/aromatic N) is 2. The number of amides is 1. The van der Waals surface area contributed by atoms with Gasteiger partial charge in [-0.3, -0.25) is 9.48 Å². The minimum atomic E-state index is 0.106. The standard InChI is InChI=1S/C17H27N3O2S2/c21-17(4-2-1-3-16-7-10-23-24-16)19-15-11-18-20(13-15)12-14-5-8-22-9-6-14/h11,13-14,16H,1-10,12H2,(H,19,21)/t16-/m0/s1. The molecule has 0 radical (unpaired) electrons. The molecule has 0 unspecified atom stereocenters. The van der Waals surface area contributed by atoms with Crippen LogP contribution in [0.3, 0.4) is 0 Å². The molecule has 2 aliphatic rings. The number of aromatic nitrogens is 2. The molecule has 0 spiro atoms. The van der Waals surface area contributed by atoms with Gasteiger partial charge < -0.3 is 10.1 Å². The van der Waals surface area contributed by atoms with Gasteiger partial charge in [0.25, 0.3) is 0 Å². The number of hydrogen-bond donors (Lipinski definition) is 1. The number of unbranched alkanes of at least 4 members (excludes halogenated alkanes) is 1. The molecule has 2 aliphatic heterocycles. The minimum Gasteiger partial charge on any atom is -0.381 e. The van der Waals surface area contributed by atoms with Crippen molar-refractivity contribution in [1.82, 2.24) is 9.78 Å². The largest absolute Gasteiger partial charge is 0.381 e. The number of nitrogens with one attached hydrogen (secondary N) is 1. The second-order valence-electron chi connectivity index (χ2n) is 6.63. The zero-order valence-electron chi connectivity index (χ0n) is 14.1. The maximum absolute atomic E-state index is 12.0. The lowest BCUT2D eigenvalue weighted by atomic mass is 10.0. The molecular weight excluding hydrogens is 342 g/mol. The van der Waals surface area contributed by atoms with Crippen LogP contribution in [0.1, 0.15) is 44.9 Å². The molecule has 1 aromatic rings. The van der Waals surface area contributed by atoms with Crippen molar-refractivity contribution in [2.75, 3.05) is 24.3 Å². The zero-order chi connectivity index (χ0) is 16.6. The Morgan fingerprint density at radius 2 is 2.21 bits per heavy atom. The summed E-state index contributed by atoms with van der Waals surface area (Å²) in [5.41, 5.74) is 0.815. The van der Waals surface area contributed by atoms with Gasteiger partial charge in [-0.1, -0.05) is 28.0 Å². The van der Waals surface area contributed by atoms with Crippen LogP contribution in [-0.4, -0.2) is 39.9 Å². The first-order chi connectivity index (χ1) is 11.8. The average molecular weight is 370 g/mol. The average Bonchev–Trinajstić information content (AvgIpc) is 3.25. The second kappa shape index (κ2) is 9.73. The number of hydrogen-bond acceptors (Lipinski definition) is 5. The molecule has 1 atom stereocenters. The van der Waals surface area contributed by atoms with E-state index in [9.17, 15) is 4.79 Å². The SMILES string of the molecule is O=C(CCCC[C@H]1CCSS1)Nc1cnn(CC2CCOCC2)c1. The van der Waals surface area contributed by atoms with Crippen molar-refractivity contribution < 1.29 is 9.53 Å². The van der Waals surface area contributed by atoms with E-state index in [1.165, 1.54) is 18.6 Å². The lowest BCUT2D eigenvalue weighted by Gasteiger charge is -2.21. The van der Waals surface area contributed by atoms with Crippen molar-refractivity contribution in [3.8, 4) is 0 Å². The predicted octanol–water partition coefficient (Wildman–Crippen LogP) is 3.96. The second-order valence-corrected chi connectivity index (χ2v) is 9.42. The van der Waals surface area contributed by atoms with Crippen LogP contribution in [0.5, 0.6) is 0 Å². The highest BCUT2D eigenvalue weighted by Gasteiger charge is 2.16. The molecule has 5 nitrogen and oxygen atoms in total. The molecule has 1 aromatic heterocycles. The van der Waals surface area contributed by atoms with E-state index in [1.54, 1.807) is 6.20 Å². The van der Waals surface area contributed by atoms with Crippen LogP contribution >= 0.6 is 21.6 Å². The van der Waals surface area contributed by atoms with E-state index in [1.807, 2.05) is 32.5 Å². The van der Waals surface area contributed by atoms with E-state index in [0.717, 1.165) is 56.4 Å². The molecule has 3 rings (SSSR count). The maximum atomic E-state index is 12.0. The van der Waals surface area contributed by atoms with Gasteiger partial charge in [-0.05, 0) is 38.0 Å². The van der Waals surface area contributed by atoms with E-state index in [0.29, 0.717) is 12.3 Å². The van der Waals surface area contributed by atoms with Crippen molar-refractivity contribution >= 4 is 33.2 Å². The minimum absolute atomic E-state index is 0.106. The van der Waals surface area contributed by atoms with Gasteiger partial charge in [-0.2, -0.15) is 5.10 Å². The van der Waals surface area contributed by atoms with E-state index in [-0.39, 0.29) is 5.91 Å². The number of ether oxygens (including phenoxy) is 1. The van der Waals surface area contributed by atoms with Crippen molar-refractivity contribution in [3.05, 3.63) is 12.4 Å². The van der Waals surface area contributed by atoms with Crippen LogP contribution in [0.25, 0.3) is 0 Å². The Morgan fingerprint density at radius 1 is 1.33 bits per heavy atom. The summed E-state index contributed by atoms with van der Waals surface area (Å²) < 4.78 is 7.33. The quantitative estimate of drug-likeness (QED) is 0.555. The number of carbonyl (C=O) groups is 1. The molecule has 134 valence electrons. The highest BCUT2D eigenvalue weighted by Crippen LogP contribution is 2.39. The summed E-state index contributed by atoms with van der Waals surface area (Å²) in [5, 5.41) is 8.15. The number of anilines is 1. The molecule has 0 aromatic carbocycles. The monoisotopic (exact) mass is 369 g/mol. The van der Waals surface area contributed by atoms with Crippen LogP contribution in [0, 0.1) is 5.92 Å². The Labute approximate surface area is 152 Å². The first-order valence-electron chi connectivity index (χ1n) is 8.98. The van der Waals surface area contributed by atoms with E-state index in [4.69, 9.17) is 4.74 Å². The summed E-state index contributed by atoms with van der Waals surface area (Å²) in [7, 11) is 4.00. The van der Waals surface area contributed by atoms with Gasteiger partial charge in [0.15, 0.2) is 0 Å². The van der Waals surface area contributed by atoms with Crippen molar-refractivity contribution in [3.63, 3.8) is 0 Å². The number of carbonyl (C=O) groups excluding carboxylic acids is 1. The Balaban J connectivity index is 1.32. The summed E-state index contributed by atoms with van der Waals surface area (Å²) >= 11 is 0. The molecule has 2 fully saturated rings. The smallest absolute Gasteiger partial charge is 0.224 e. The molecule has 1 amide bonds. The van der Waals surface area contributed by atoms with Crippen molar-refractivity contribution in [2.24, 2.45) is 5.92 Å². The molecule has 0 saturated carbocycles. The first kappa shape index (κ1) is 18.1. The van der Waals surface area contributed by atoms with Gasteiger partial charge in [0.05, 0.1) is 11.9 Å². The molecule has 24 heavy (non-hydrogen) atoms. The van der Waals surface area contributed by atoms with Crippen molar-refractivity contribution in [2.45, 2.75) is 56.7 Å². The summed E-state index contributed by atoms with van der Waals surface area (Å²) in [6.07, 6.45) is 11.2. The fourth-order valence-electron chi connectivity index (χ4n) is 3.17. The van der Waals surface area contributed by atoms with Crippen LogP contribution in [0.4, 0.5) is 5.69 Å². The third-order valence-corrected chi connectivity index (χ3v) is 7.62. The van der Waals surface area contributed by atoms with Crippen molar-refractivity contribution in [1.29, 1.82) is 0 Å². The Kier molecular flexibility index (Phi) is 7.35. The Bertz CT molecular complexity index is 512. The topological polar surface area (TPSA) is 56.2 Å². The highest BCUT2D eigenvalue weighted by atomic mass is 33.1. The summed E-state index contributed by atoms with van der Waals surface area (Å²) in [5.74, 6) is 2.02. The molecule has 3 heterocycles. The van der Waals surface area contributed by atoms with Crippen LogP contribution in [0.15, 0.2) is 12.4 Å². The summed E-state index contributed by atoms with van der Waals surface area (Å²) in [4.78, 5) is 12.0. The zero-order valence-corrected chi connectivity index (χ0v) is 15.7. The molecule has 0 aliphatic carbocycles. The lowest BCUT2D eigenvalue weighted by Crippen LogP contribution is -2.20. The third kappa shape index (κ3) is 6.01. The van der Waals surface area contributed by atoms with E-state index < -0.39 is 0 Å². The van der Waals surface area contributed by atoms with E-state index >= 15 is 0 Å². The highest BCUT2D eigenvalue weighted by molar-refractivity contribution is 8.77. The van der Waals surface area contributed by atoms with Crippen LogP contribution < -0.4 is 5.32 Å². The third-order valence-electron chi connectivity index (χ3n) is 4.61. The summed E-state index contributed by atoms with van der Waals surface area (Å²) in [6.45, 7) is 2.62. The fourth-order valence-corrected chi connectivity index (χ4v) is 6.19. The van der Waals surface area contributed by atoms with Gasteiger partial charge in [-0.15, -0.1) is 0 Å². The van der Waals surface area contributed by atoms with E-state index in [2.05, 4.69) is 10.4 Å².